The molecule has 0 aliphatic carbocycles. The average Bonchev–Trinajstić information content (AvgIpc) is 2.63. The maximum absolute atomic E-state index is 12.7. The lowest BCUT2D eigenvalue weighted by atomic mass is 10.0. The quantitative estimate of drug-likeness (QED) is 0.858. The molecule has 6 nitrogen and oxygen atoms in total. The highest BCUT2D eigenvalue weighted by Gasteiger charge is 2.27. The second kappa shape index (κ2) is 6.86. The Kier molecular flexibility index (Phi) is 4.64. The second-order valence-electron chi connectivity index (χ2n) is 6.21. The van der Waals surface area contributed by atoms with Crippen LogP contribution in [0, 0.1) is 0 Å². The number of piperidine rings is 1. The summed E-state index contributed by atoms with van der Waals surface area (Å²) in [4.78, 5) is 32.6. The second-order valence-corrected chi connectivity index (χ2v) is 6.21. The Balaban J connectivity index is 1.74. The normalized spacial score (nSPS) is 17.6. The number of anilines is 1. The van der Waals surface area contributed by atoms with Crippen molar-refractivity contribution in [2.24, 2.45) is 7.05 Å². The van der Waals surface area contributed by atoms with Crippen molar-refractivity contribution >= 4 is 11.7 Å². The fourth-order valence-corrected chi connectivity index (χ4v) is 3.11. The lowest BCUT2D eigenvalue weighted by molar-refractivity contribution is 0.0716. The molecule has 1 saturated heterocycles. The highest BCUT2D eigenvalue weighted by Crippen LogP contribution is 2.21. The number of carbonyl (C=O) groups is 1. The van der Waals surface area contributed by atoms with Crippen molar-refractivity contribution in [3.63, 3.8) is 0 Å². The van der Waals surface area contributed by atoms with Crippen molar-refractivity contribution in [2.45, 2.75) is 18.9 Å². The number of amides is 1. The molecule has 6 heteroatoms. The highest BCUT2D eigenvalue weighted by molar-refractivity contribution is 5.94. The van der Waals surface area contributed by atoms with E-state index in [0.29, 0.717) is 5.56 Å². The molecule has 0 N–H and O–H groups in total. The molecule has 1 amide bonds. The SMILES string of the molecule is CN(C(=O)c1ccc(=O)n(C)c1)[C@H]1CCCN(c2ccccn2)C1. The Morgan fingerprint density at radius 2 is 2.12 bits per heavy atom. The Labute approximate surface area is 141 Å². The van der Waals surface area contributed by atoms with Gasteiger partial charge in [-0.1, -0.05) is 6.07 Å². The van der Waals surface area contributed by atoms with E-state index in [4.69, 9.17) is 0 Å². The van der Waals surface area contributed by atoms with Crippen LogP contribution in [0.1, 0.15) is 23.2 Å². The molecule has 2 aromatic heterocycles. The molecule has 1 aliphatic rings. The summed E-state index contributed by atoms with van der Waals surface area (Å²) in [5.74, 6) is 0.892. The summed E-state index contributed by atoms with van der Waals surface area (Å²) < 4.78 is 1.43. The number of hydrogen-bond donors (Lipinski definition) is 0. The molecule has 0 bridgehead atoms. The van der Waals surface area contributed by atoms with E-state index in [1.165, 1.54) is 10.6 Å². The summed E-state index contributed by atoms with van der Waals surface area (Å²) >= 11 is 0. The van der Waals surface area contributed by atoms with Crippen molar-refractivity contribution < 1.29 is 4.79 Å². The van der Waals surface area contributed by atoms with Gasteiger partial charge in [0, 0.05) is 51.7 Å². The molecule has 0 saturated carbocycles. The van der Waals surface area contributed by atoms with Crippen LogP contribution >= 0.6 is 0 Å². The van der Waals surface area contributed by atoms with Gasteiger partial charge in [-0.3, -0.25) is 9.59 Å². The summed E-state index contributed by atoms with van der Waals surface area (Å²) in [6, 6.07) is 9.04. The first-order valence-corrected chi connectivity index (χ1v) is 8.16. The topological polar surface area (TPSA) is 58.4 Å². The molecule has 0 unspecified atom stereocenters. The van der Waals surface area contributed by atoms with Crippen LogP contribution in [0.15, 0.2) is 47.5 Å². The van der Waals surface area contributed by atoms with Crippen LogP contribution in [0.4, 0.5) is 5.82 Å². The highest BCUT2D eigenvalue weighted by atomic mass is 16.2. The molecule has 24 heavy (non-hydrogen) atoms. The third kappa shape index (κ3) is 3.32. The van der Waals surface area contributed by atoms with Crippen LogP contribution in [-0.2, 0) is 7.05 Å². The van der Waals surface area contributed by atoms with E-state index in [2.05, 4.69) is 9.88 Å². The van der Waals surface area contributed by atoms with Gasteiger partial charge in [0.25, 0.3) is 5.91 Å². The Morgan fingerprint density at radius 3 is 2.83 bits per heavy atom. The number of likely N-dealkylation sites (N-methyl/N-ethyl adjacent to an activating group) is 1. The average molecular weight is 326 g/mol. The molecule has 3 rings (SSSR count). The van der Waals surface area contributed by atoms with Gasteiger partial charge in [0.05, 0.1) is 5.56 Å². The first kappa shape index (κ1) is 16.2. The number of aryl methyl sites for hydroxylation is 1. The van der Waals surface area contributed by atoms with E-state index in [0.717, 1.165) is 31.7 Å². The molecular formula is C18H22N4O2. The zero-order valence-electron chi connectivity index (χ0n) is 14.1. The van der Waals surface area contributed by atoms with Gasteiger partial charge >= 0.3 is 0 Å². The van der Waals surface area contributed by atoms with E-state index < -0.39 is 0 Å². The Hall–Kier alpha value is -2.63. The molecule has 0 spiro atoms. The molecule has 1 atom stereocenters. The number of aromatic nitrogens is 2. The summed E-state index contributed by atoms with van der Waals surface area (Å²) in [7, 11) is 3.49. The summed E-state index contributed by atoms with van der Waals surface area (Å²) in [6.45, 7) is 1.72. The van der Waals surface area contributed by atoms with Crippen molar-refractivity contribution in [1.29, 1.82) is 0 Å². The number of nitrogens with zero attached hydrogens (tertiary/aromatic N) is 4. The molecular weight excluding hydrogens is 304 g/mol. The minimum atomic E-state index is -0.117. The van der Waals surface area contributed by atoms with Crippen LogP contribution in [-0.4, -0.2) is 46.5 Å². The predicted molar refractivity (Wildman–Crippen MR) is 93.2 cm³/mol. The zero-order valence-corrected chi connectivity index (χ0v) is 14.1. The van der Waals surface area contributed by atoms with Gasteiger partial charge in [-0.25, -0.2) is 4.98 Å². The van der Waals surface area contributed by atoms with Crippen LogP contribution < -0.4 is 10.5 Å². The lowest BCUT2D eigenvalue weighted by Gasteiger charge is -2.38. The molecule has 0 radical (unpaired) electrons. The molecule has 1 fully saturated rings. The fourth-order valence-electron chi connectivity index (χ4n) is 3.11. The van der Waals surface area contributed by atoms with Gasteiger partial charge in [0.2, 0.25) is 5.56 Å². The van der Waals surface area contributed by atoms with E-state index in [1.54, 1.807) is 30.4 Å². The summed E-state index contributed by atoms with van der Waals surface area (Å²) in [5.41, 5.74) is 0.419. The maximum atomic E-state index is 12.7. The van der Waals surface area contributed by atoms with E-state index in [1.807, 2.05) is 25.2 Å². The number of carbonyl (C=O) groups excluding carboxylic acids is 1. The molecule has 0 aromatic carbocycles. The first-order valence-electron chi connectivity index (χ1n) is 8.16. The van der Waals surface area contributed by atoms with E-state index in [-0.39, 0.29) is 17.5 Å². The van der Waals surface area contributed by atoms with E-state index >= 15 is 0 Å². The van der Waals surface area contributed by atoms with Crippen LogP contribution in [0.3, 0.4) is 0 Å². The van der Waals surface area contributed by atoms with Crippen molar-refractivity contribution in [1.82, 2.24) is 14.5 Å². The number of rotatable bonds is 3. The van der Waals surface area contributed by atoms with Gasteiger partial charge in [-0.15, -0.1) is 0 Å². The Morgan fingerprint density at radius 1 is 1.29 bits per heavy atom. The van der Waals surface area contributed by atoms with Gasteiger partial charge in [-0.2, -0.15) is 0 Å². The maximum Gasteiger partial charge on any atom is 0.255 e. The predicted octanol–water partition coefficient (Wildman–Crippen LogP) is 1.52. The van der Waals surface area contributed by atoms with Gasteiger partial charge in [0.1, 0.15) is 5.82 Å². The minimum Gasteiger partial charge on any atom is -0.355 e. The largest absolute Gasteiger partial charge is 0.355 e. The van der Waals surface area contributed by atoms with Gasteiger partial charge in [0.15, 0.2) is 0 Å². The van der Waals surface area contributed by atoms with Crippen LogP contribution in [0.2, 0.25) is 0 Å². The summed E-state index contributed by atoms with van der Waals surface area (Å²) in [6.07, 6.45) is 5.38. The molecule has 126 valence electrons. The number of hydrogen-bond acceptors (Lipinski definition) is 4. The third-order valence-electron chi connectivity index (χ3n) is 4.57. The smallest absolute Gasteiger partial charge is 0.255 e. The minimum absolute atomic E-state index is 0.0570. The van der Waals surface area contributed by atoms with Crippen molar-refractivity contribution in [3.8, 4) is 0 Å². The monoisotopic (exact) mass is 326 g/mol. The fraction of sp³-hybridized carbons (Fsp3) is 0.389. The zero-order chi connectivity index (χ0) is 17.1. The molecule has 3 heterocycles. The Bertz CT molecular complexity index is 772. The number of pyridine rings is 2. The van der Waals surface area contributed by atoms with E-state index in [9.17, 15) is 9.59 Å². The molecule has 2 aromatic rings. The van der Waals surface area contributed by atoms with Gasteiger partial charge < -0.3 is 14.4 Å². The van der Waals surface area contributed by atoms with Crippen molar-refractivity contribution in [2.75, 3.05) is 25.0 Å². The van der Waals surface area contributed by atoms with Crippen LogP contribution in [0.25, 0.3) is 0 Å². The van der Waals surface area contributed by atoms with Crippen molar-refractivity contribution in [3.05, 3.63) is 58.6 Å². The molecule has 1 aliphatic heterocycles. The van der Waals surface area contributed by atoms with Crippen LogP contribution in [0.5, 0.6) is 0 Å². The summed E-state index contributed by atoms with van der Waals surface area (Å²) in [5, 5.41) is 0. The standard InChI is InChI=1S/C18H22N4O2/c1-20-12-14(8-9-17(20)23)18(24)21(2)15-6-5-11-22(13-15)16-7-3-4-10-19-16/h3-4,7-10,12,15H,5-6,11,13H2,1-2H3/t15-/m0/s1. The third-order valence-corrected chi connectivity index (χ3v) is 4.57. The lowest BCUT2D eigenvalue weighted by Crippen LogP contribution is -2.49. The van der Waals surface area contributed by atoms with Gasteiger partial charge in [-0.05, 0) is 31.0 Å². The first-order chi connectivity index (χ1) is 11.6.